The van der Waals surface area contributed by atoms with Crippen LogP contribution in [-0.2, 0) is 11.3 Å². The van der Waals surface area contributed by atoms with Gasteiger partial charge < -0.3 is 20.3 Å². The predicted molar refractivity (Wildman–Crippen MR) is 117 cm³/mol. The first-order chi connectivity index (χ1) is 13.4. The summed E-state index contributed by atoms with van der Waals surface area (Å²) < 4.78 is 6.21. The maximum Gasteiger partial charge on any atom is 0.241 e. The molecule has 1 amide bonds. The summed E-state index contributed by atoms with van der Waals surface area (Å²) in [5.74, 6) is 1.37. The average molecular weight is 447 g/mol. The molecule has 1 unspecified atom stereocenters. The van der Waals surface area contributed by atoms with Crippen LogP contribution >= 0.6 is 15.9 Å². The van der Waals surface area contributed by atoms with Crippen LogP contribution in [0.1, 0.15) is 24.1 Å². The highest BCUT2D eigenvalue weighted by Gasteiger charge is 2.12. The van der Waals surface area contributed by atoms with Crippen LogP contribution in [0.25, 0.3) is 0 Å². The Bertz CT molecular complexity index is 806. The number of benzene rings is 2. The summed E-state index contributed by atoms with van der Waals surface area (Å²) in [5.41, 5.74) is 2.16. The fourth-order valence-electron chi connectivity index (χ4n) is 2.48. The molecule has 0 aromatic heterocycles. The number of halogens is 1. The minimum absolute atomic E-state index is 0.00662. The standard InChI is InChI=1S/C21H27BrN4O2/c1-15(18-7-5-6-8-19(18)22)25-21(24-14-20(27)26(2)3)23-13-16-9-11-17(28-4)12-10-16/h5-12,15H,13-14H2,1-4H3,(H2,23,24,25). The third-order valence-electron chi connectivity index (χ3n) is 4.21. The largest absolute Gasteiger partial charge is 0.497 e. The topological polar surface area (TPSA) is 66.0 Å². The number of carbonyl (C=O) groups excluding carboxylic acids is 1. The first kappa shape index (κ1) is 21.8. The van der Waals surface area contributed by atoms with Crippen LogP contribution < -0.4 is 15.4 Å². The molecule has 0 radical (unpaired) electrons. The van der Waals surface area contributed by atoms with Gasteiger partial charge in [-0.3, -0.25) is 4.79 Å². The van der Waals surface area contributed by atoms with E-state index in [0.717, 1.165) is 21.3 Å². The van der Waals surface area contributed by atoms with Gasteiger partial charge in [0.2, 0.25) is 5.91 Å². The van der Waals surface area contributed by atoms with E-state index in [1.54, 1.807) is 26.1 Å². The van der Waals surface area contributed by atoms with Crippen LogP contribution in [0.4, 0.5) is 0 Å². The molecule has 0 aliphatic rings. The van der Waals surface area contributed by atoms with Gasteiger partial charge in [-0.1, -0.05) is 46.3 Å². The molecule has 0 heterocycles. The van der Waals surface area contributed by atoms with Gasteiger partial charge in [-0.05, 0) is 36.2 Å². The van der Waals surface area contributed by atoms with Crippen molar-refractivity contribution in [1.82, 2.24) is 15.5 Å². The van der Waals surface area contributed by atoms with E-state index in [9.17, 15) is 4.79 Å². The van der Waals surface area contributed by atoms with E-state index in [1.165, 1.54) is 0 Å². The Morgan fingerprint density at radius 2 is 1.86 bits per heavy atom. The third-order valence-corrected chi connectivity index (χ3v) is 4.93. The van der Waals surface area contributed by atoms with E-state index in [1.807, 2.05) is 48.5 Å². The number of likely N-dealkylation sites (N-methyl/N-ethyl adjacent to an activating group) is 1. The molecule has 6 nitrogen and oxygen atoms in total. The van der Waals surface area contributed by atoms with Gasteiger partial charge in [0.05, 0.1) is 26.2 Å². The zero-order valence-electron chi connectivity index (χ0n) is 16.7. The SMILES string of the molecule is COc1ccc(CN=C(NCC(=O)N(C)C)NC(C)c2ccccc2Br)cc1. The summed E-state index contributed by atoms with van der Waals surface area (Å²) in [4.78, 5) is 18.2. The molecule has 0 saturated heterocycles. The Balaban J connectivity index is 2.12. The van der Waals surface area contributed by atoms with Gasteiger partial charge in [-0.15, -0.1) is 0 Å². The van der Waals surface area contributed by atoms with Crippen molar-refractivity contribution in [2.45, 2.75) is 19.5 Å². The summed E-state index contributed by atoms with van der Waals surface area (Å²) in [6.07, 6.45) is 0. The lowest BCUT2D eigenvalue weighted by Gasteiger charge is -2.20. The number of amides is 1. The fraction of sp³-hybridized carbons (Fsp3) is 0.333. The first-order valence-corrected chi connectivity index (χ1v) is 9.82. The number of rotatable bonds is 7. The van der Waals surface area contributed by atoms with Crippen LogP contribution in [0.2, 0.25) is 0 Å². The zero-order chi connectivity index (χ0) is 20.5. The molecule has 0 saturated carbocycles. The normalized spacial score (nSPS) is 12.2. The summed E-state index contributed by atoms with van der Waals surface area (Å²) in [7, 11) is 5.11. The number of hydrogen-bond acceptors (Lipinski definition) is 3. The maximum atomic E-state index is 12.0. The van der Waals surface area contributed by atoms with Crippen molar-refractivity contribution in [2.24, 2.45) is 4.99 Å². The molecule has 2 N–H and O–H groups in total. The lowest BCUT2D eigenvalue weighted by molar-refractivity contribution is -0.127. The van der Waals surface area contributed by atoms with E-state index in [4.69, 9.17) is 4.74 Å². The monoisotopic (exact) mass is 446 g/mol. The second-order valence-electron chi connectivity index (χ2n) is 6.54. The van der Waals surface area contributed by atoms with E-state index >= 15 is 0 Å². The summed E-state index contributed by atoms with van der Waals surface area (Å²) in [5, 5.41) is 6.50. The molecular formula is C21H27BrN4O2. The Kier molecular flexibility index (Phi) is 8.32. The van der Waals surface area contributed by atoms with Crippen molar-refractivity contribution in [3.05, 3.63) is 64.1 Å². The lowest BCUT2D eigenvalue weighted by Crippen LogP contribution is -2.43. The van der Waals surface area contributed by atoms with E-state index in [-0.39, 0.29) is 18.5 Å². The highest BCUT2D eigenvalue weighted by atomic mass is 79.9. The van der Waals surface area contributed by atoms with Gasteiger partial charge >= 0.3 is 0 Å². The molecule has 1 atom stereocenters. The number of ether oxygens (including phenoxy) is 1. The molecule has 2 aromatic rings. The van der Waals surface area contributed by atoms with Gasteiger partial charge in [0, 0.05) is 18.6 Å². The summed E-state index contributed by atoms with van der Waals surface area (Å²) in [6, 6.07) is 15.8. The Labute approximate surface area is 175 Å². The second kappa shape index (κ2) is 10.7. The quantitative estimate of drug-likeness (QED) is 0.505. The van der Waals surface area contributed by atoms with Crippen molar-refractivity contribution in [2.75, 3.05) is 27.7 Å². The Hall–Kier alpha value is -2.54. The van der Waals surface area contributed by atoms with Gasteiger partial charge in [-0.2, -0.15) is 0 Å². The molecule has 0 fully saturated rings. The predicted octanol–water partition coefficient (Wildman–Crippen LogP) is 3.34. The van der Waals surface area contributed by atoms with E-state index in [2.05, 4.69) is 38.5 Å². The second-order valence-corrected chi connectivity index (χ2v) is 7.40. The minimum Gasteiger partial charge on any atom is -0.497 e. The number of methoxy groups -OCH3 is 1. The highest BCUT2D eigenvalue weighted by molar-refractivity contribution is 9.10. The number of carbonyl (C=O) groups is 1. The molecule has 150 valence electrons. The van der Waals surface area contributed by atoms with Crippen LogP contribution in [-0.4, -0.2) is 44.5 Å². The van der Waals surface area contributed by atoms with Crippen molar-refractivity contribution in [1.29, 1.82) is 0 Å². The number of nitrogens with zero attached hydrogens (tertiary/aromatic N) is 2. The van der Waals surface area contributed by atoms with Crippen LogP contribution in [0.15, 0.2) is 58.0 Å². The molecular weight excluding hydrogens is 420 g/mol. The molecule has 7 heteroatoms. The van der Waals surface area contributed by atoms with Crippen LogP contribution in [0, 0.1) is 0 Å². The molecule has 2 rings (SSSR count). The molecule has 0 bridgehead atoms. The number of hydrogen-bond donors (Lipinski definition) is 2. The van der Waals surface area contributed by atoms with E-state index in [0.29, 0.717) is 12.5 Å². The van der Waals surface area contributed by atoms with Crippen molar-refractivity contribution >= 4 is 27.8 Å². The molecule has 2 aromatic carbocycles. The van der Waals surface area contributed by atoms with Crippen molar-refractivity contribution in [3.63, 3.8) is 0 Å². The van der Waals surface area contributed by atoms with Gasteiger partial charge in [0.1, 0.15) is 5.75 Å². The zero-order valence-corrected chi connectivity index (χ0v) is 18.3. The lowest BCUT2D eigenvalue weighted by atomic mass is 10.1. The number of aliphatic imine (C=N–C) groups is 1. The third kappa shape index (κ3) is 6.56. The number of nitrogens with one attached hydrogen (secondary N) is 2. The van der Waals surface area contributed by atoms with Gasteiger partial charge in [0.15, 0.2) is 5.96 Å². The maximum absolute atomic E-state index is 12.0. The molecule has 0 aliphatic carbocycles. The number of guanidine groups is 1. The van der Waals surface area contributed by atoms with Crippen molar-refractivity contribution in [3.8, 4) is 5.75 Å². The average Bonchev–Trinajstić information content (AvgIpc) is 2.70. The molecule has 28 heavy (non-hydrogen) atoms. The molecule has 0 spiro atoms. The molecule has 0 aliphatic heterocycles. The van der Waals surface area contributed by atoms with Crippen LogP contribution in [0.5, 0.6) is 5.75 Å². The van der Waals surface area contributed by atoms with Gasteiger partial charge in [-0.25, -0.2) is 4.99 Å². The van der Waals surface area contributed by atoms with E-state index < -0.39 is 0 Å². The highest BCUT2D eigenvalue weighted by Crippen LogP contribution is 2.22. The van der Waals surface area contributed by atoms with Crippen LogP contribution in [0.3, 0.4) is 0 Å². The smallest absolute Gasteiger partial charge is 0.241 e. The van der Waals surface area contributed by atoms with Crippen molar-refractivity contribution < 1.29 is 9.53 Å². The van der Waals surface area contributed by atoms with Gasteiger partial charge in [0.25, 0.3) is 0 Å². The summed E-state index contributed by atoms with van der Waals surface area (Å²) >= 11 is 3.58. The Morgan fingerprint density at radius 3 is 2.46 bits per heavy atom. The fourth-order valence-corrected chi connectivity index (χ4v) is 3.11. The minimum atomic E-state index is -0.0208. The first-order valence-electron chi connectivity index (χ1n) is 9.03. The Morgan fingerprint density at radius 1 is 1.18 bits per heavy atom. The summed E-state index contributed by atoms with van der Waals surface area (Å²) in [6.45, 7) is 2.71.